The molecule has 96 valence electrons. The second-order valence-corrected chi connectivity index (χ2v) is 7.56. The molecular weight excluding hydrogens is 223 g/mol. The Bertz CT molecular complexity index is 228. The highest BCUT2D eigenvalue weighted by atomic mass is 31.2. The van der Waals surface area contributed by atoms with Crippen molar-refractivity contribution in [2.24, 2.45) is 0 Å². The van der Waals surface area contributed by atoms with E-state index in [1.807, 2.05) is 20.8 Å². The van der Waals surface area contributed by atoms with Crippen LogP contribution in [0.15, 0.2) is 0 Å². The first-order chi connectivity index (χ1) is 7.58. The van der Waals surface area contributed by atoms with Crippen molar-refractivity contribution in [3.63, 3.8) is 0 Å². The third-order valence-electron chi connectivity index (χ3n) is 2.44. The van der Waals surface area contributed by atoms with E-state index in [9.17, 15) is 9.36 Å². The van der Waals surface area contributed by atoms with Crippen LogP contribution in [0.5, 0.6) is 0 Å². The fraction of sp³-hybridized carbons (Fsp3) is 0.917. The summed E-state index contributed by atoms with van der Waals surface area (Å²) >= 11 is 0. The first-order valence-corrected chi connectivity index (χ1v) is 8.57. The second-order valence-electron chi connectivity index (χ2n) is 4.24. The smallest absolute Gasteiger partial charge is 0.313 e. The van der Waals surface area contributed by atoms with Crippen LogP contribution in [0.25, 0.3) is 0 Å². The van der Waals surface area contributed by atoms with Crippen molar-refractivity contribution >= 4 is 13.1 Å². The van der Waals surface area contributed by atoms with Gasteiger partial charge in [-0.15, -0.1) is 0 Å². The van der Waals surface area contributed by atoms with Gasteiger partial charge in [-0.2, -0.15) is 0 Å². The molecule has 0 aliphatic carbocycles. The predicted octanol–water partition coefficient (Wildman–Crippen LogP) is 3.51. The van der Waals surface area contributed by atoms with Gasteiger partial charge >= 0.3 is 5.97 Å². The predicted molar refractivity (Wildman–Crippen MR) is 68.7 cm³/mol. The molecule has 3 nitrogen and oxygen atoms in total. The Hall–Kier alpha value is -0.300. The molecule has 0 aromatic heterocycles. The van der Waals surface area contributed by atoms with Gasteiger partial charge in [0.2, 0.25) is 0 Å². The molecule has 0 spiro atoms. The number of esters is 1. The molecule has 0 radical (unpaired) electrons. The van der Waals surface area contributed by atoms with E-state index in [4.69, 9.17) is 4.74 Å². The normalized spacial score (nSPS) is 11.4. The third-order valence-corrected chi connectivity index (χ3v) is 5.80. The van der Waals surface area contributed by atoms with E-state index < -0.39 is 7.14 Å². The van der Waals surface area contributed by atoms with Gasteiger partial charge in [-0.1, -0.05) is 27.2 Å². The van der Waals surface area contributed by atoms with Gasteiger partial charge in [-0.25, -0.2) is 0 Å². The molecule has 0 aliphatic rings. The first kappa shape index (κ1) is 15.7. The van der Waals surface area contributed by atoms with Crippen molar-refractivity contribution in [1.29, 1.82) is 0 Å². The van der Waals surface area contributed by atoms with Crippen LogP contribution in [0.3, 0.4) is 0 Å². The van der Waals surface area contributed by atoms with Gasteiger partial charge < -0.3 is 9.30 Å². The van der Waals surface area contributed by atoms with Gasteiger partial charge in [0.25, 0.3) is 0 Å². The lowest BCUT2D eigenvalue weighted by Gasteiger charge is -2.15. The van der Waals surface area contributed by atoms with Gasteiger partial charge in [0.15, 0.2) is 0 Å². The highest BCUT2D eigenvalue weighted by molar-refractivity contribution is 7.64. The van der Waals surface area contributed by atoms with Crippen molar-refractivity contribution in [1.82, 2.24) is 0 Å². The maximum atomic E-state index is 12.4. The minimum Gasteiger partial charge on any atom is -0.465 e. The Balaban J connectivity index is 4.07. The van der Waals surface area contributed by atoms with E-state index in [1.165, 1.54) is 0 Å². The molecule has 0 aliphatic heterocycles. The highest BCUT2D eigenvalue weighted by Gasteiger charge is 2.24. The molecule has 0 amide bonds. The number of hydrogen-bond acceptors (Lipinski definition) is 3. The molecule has 0 saturated heterocycles. The zero-order chi connectivity index (χ0) is 12.4. The summed E-state index contributed by atoms with van der Waals surface area (Å²) in [6.45, 7) is 6.52. The molecular formula is C12H25O3P. The molecule has 0 fully saturated rings. The molecule has 0 aromatic carbocycles. The van der Waals surface area contributed by atoms with Crippen molar-refractivity contribution in [2.75, 3.05) is 25.1 Å². The molecule has 0 unspecified atom stereocenters. The van der Waals surface area contributed by atoms with Gasteiger partial charge in [0, 0.05) is 12.3 Å². The van der Waals surface area contributed by atoms with Gasteiger partial charge in [-0.05, 0) is 19.3 Å². The molecule has 0 N–H and O–H groups in total. The van der Waals surface area contributed by atoms with E-state index in [0.29, 0.717) is 18.9 Å². The molecule has 0 saturated carbocycles. The lowest BCUT2D eigenvalue weighted by Crippen LogP contribution is -2.13. The van der Waals surface area contributed by atoms with E-state index >= 15 is 0 Å². The first-order valence-electron chi connectivity index (χ1n) is 6.30. The number of hydrogen-bond donors (Lipinski definition) is 0. The summed E-state index contributed by atoms with van der Waals surface area (Å²) in [7, 11) is -2.30. The van der Waals surface area contributed by atoms with Crippen LogP contribution in [0.1, 0.15) is 46.5 Å². The summed E-state index contributed by atoms with van der Waals surface area (Å²) in [6.07, 6.45) is 5.12. The number of ether oxygens (including phenoxy) is 1. The minimum atomic E-state index is -2.30. The summed E-state index contributed by atoms with van der Waals surface area (Å²) in [6, 6.07) is 0. The van der Waals surface area contributed by atoms with Crippen LogP contribution in [-0.2, 0) is 14.1 Å². The quantitative estimate of drug-likeness (QED) is 0.356. The molecule has 4 heteroatoms. The molecule has 16 heavy (non-hydrogen) atoms. The Kier molecular flexibility index (Phi) is 8.64. The van der Waals surface area contributed by atoms with E-state index in [-0.39, 0.29) is 12.1 Å². The summed E-state index contributed by atoms with van der Waals surface area (Å²) in [4.78, 5) is 11.5. The zero-order valence-electron chi connectivity index (χ0n) is 10.8. The fourth-order valence-corrected chi connectivity index (χ4v) is 4.43. The van der Waals surface area contributed by atoms with Crippen LogP contribution in [0.2, 0.25) is 0 Å². The fourth-order valence-electron chi connectivity index (χ4n) is 1.70. The summed E-state index contributed by atoms with van der Waals surface area (Å²) in [5, 5.41) is 0. The minimum absolute atomic E-state index is 0.137. The lowest BCUT2D eigenvalue weighted by molar-refractivity contribution is -0.140. The van der Waals surface area contributed by atoms with Crippen LogP contribution >= 0.6 is 7.14 Å². The standard InChI is InChI=1S/C12H25O3P/c1-4-7-8-15-12(13)11-16(14,9-5-2)10-6-3/h4-11H2,1-3H3. The van der Waals surface area contributed by atoms with Gasteiger partial charge in [-0.3, -0.25) is 4.79 Å². The molecule has 0 bridgehead atoms. The summed E-state index contributed by atoms with van der Waals surface area (Å²) < 4.78 is 17.4. The zero-order valence-corrected chi connectivity index (χ0v) is 11.7. The van der Waals surface area contributed by atoms with Crippen molar-refractivity contribution < 1.29 is 14.1 Å². The monoisotopic (exact) mass is 248 g/mol. The maximum Gasteiger partial charge on any atom is 0.313 e. The van der Waals surface area contributed by atoms with Crippen molar-refractivity contribution in [3.05, 3.63) is 0 Å². The van der Waals surface area contributed by atoms with Gasteiger partial charge in [0.05, 0.1) is 19.9 Å². The Labute approximate surface area is 99.3 Å². The summed E-state index contributed by atoms with van der Waals surface area (Å²) in [5.41, 5.74) is 0. The van der Waals surface area contributed by atoms with Crippen LogP contribution in [0.4, 0.5) is 0 Å². The van der Waals surface area contributed by atoms with E-state index in [0.717, 1.165) is 25.7 Å². The van der Waals surface area contributed by atoms with Crippen molar-refractivity contribution in [3.8, 4) is 0 Å². The van der Waals surface area contributed by atoms with Crippen LogP contribution in [0, 0.1) is 0 Å². The second kappa shape index (κ2) is 8.81. The number of unbranched alkanes of at least 4 members (excludes halogenated alkanes) is 1. The van der Waals surface area contributed by atoms with Crippen molar-refractivity contribution in [2.45, 2.75) is 46.5 Å². The van der Waals surface area contributed by atoms with E-state index in [2.05, 4.69) is 0 Å². The number of carbonyl (C=O) groups is 1. The lowest BCUT2D eigenvalue weighted by atomic mass is 10.4. The average molecular weight is 248 g/mol. The largest absolute Gasteiger partial charge is 0.465 e. The molecule has 0 heterocycles. The summed E-state index contributed by atoms with van der Waals surface area (Å²) in [5.74, 6) is -0.279. The number of carbonyl (C=O) groups excluding carboxylic acids is 1. The maximum absolute atomic E-state index is 12.4. The molecule has 0 aromatic rings. The van der Waals surface area contributed by atoms with Crippen LogP contribution < -0.4 is 0 Å². The average Bonchev–Trinajstić information content (AvgIpc) is 2.18. The number of rotatable bonds is 9. The topological polar surface area (TPSA) is 43.4 Å². The van der Waals surface area contributed by atoms with Gasteiger partial charge in [0.1, 0.15) is 0 Å². The highest BCUT2D eigenvalue weighted by Crippen LogP contribution is 2.46. The third kappa shape index (κ3) is 7.05. The Morgan fingerprint density at radius 2 is 1.62 bits per heavy atom. The Morgan fingerprint density at radius 3 is 2.06 bits per heavy atom. The Morgan fingerprint density at radius 1 is 1.06 bits per heavy atom. The van der Waals surface area contributed by atoms with Crippen LogP contribution in [-0.4, -0.2) is 31.1 Å². The molecule has 0 atom stereocenters. The SMILES string of the molecule is CCCCOC(=O)CP(=O)(CCC)CCC. The molecule has 0 rings (SSSR count). The van der Waals surface area contributed by atoms with E-state index in [1.54, 1.807) is 0 Å².